The van der Waals surface area contributed by atoms with Crippen molar-refractivity contribution in [3.63, 3.8) is 0 Å². The van der Waals surface area contributed by atoms with Gasteiger partial charge in [-0.2, -0.15) is 0 Å². The molecule has 2 amide bonds. The number of hydrogen-bond donors (Lipinski definition) is 3. The zero-order chi connectivity index (χ0) is 16.3. The molecule has 1 saturated carbocycles. The highest BCUT2D eigenvalue weighted by Gasteiger charge is 2.34. The molecule has 1 aromatic heterocycles. The maximum atomic E-state index is 11.9. The SMILES string of the molecule is CC(NC(=O)NCC1(O)CCC1)c1ncc(-c2ccccc2)o1. The van der Waals surface area contributed by atoms with Crippen LogP contribution in [0.15, 0.2) is 40.9 Å². The summed E-state index contributed by atoms with van der Waals surface area (Å²) in [5.74, 6) is 1.11. The van der Waals surface area contributed by atoms with Crippen LogP contribution in [0.2, 0.25) is 0 Å². The molecule has 2 aromatic rings. The minimum Gasteiger partial charge on any atom is -0.438 e. The molecule has 122 valence electrons. The average molecular weight is 315 g/mol. The Labute approximate surface area is 134 Å². The molecule has 3 rings (SSSR count). The smallest absolute Gasteiger partial charge is 0.315 e. The minimum absolute atomic E-state index is 0.270. The van der Waals surface area contributed by atoms with E-state index in [2.05, 4.69) is 15.6 Å². The number of amides is 2. The van der Waals surface area contributed by atoms with E-state index in [1.165, 1.54) is 0 Å². The molecule has 1 heterocycles. The number of carbonyl (C=O) groups is 1. The fraction of sp³-hybridized carbons (Fsp3) is 0.412. The number of benzene rings is 1. The largest absolute Gasteiger partial charge is 0.438 e. The van der Waals surface area contributed by atoms with Crippen LogP contribution in [-0.2, 0) is 0 Å². The maximum absolute atomic E-state index is 11.9. The fourth-order valence-corrected chi connectivity index (χ4v) is 2.54. The van der Waals surface area contributed by atoms with Crippen LogP contribution in [0, 0.1) is 0 Å². The second-order valence-electron chi connectivity index (χ2n) is 6.06. The molecular weight excluding hydrogens is 294 g/mol. The fourth-order valence-electron chi connectivity index (χ4n) is 2.54. The van der Waals surface area contributed by atoms with E-state index in [0.29, 0.717) is 11.7 Å². The Bertz CT molecular complexity index is 665. The average Bonchev–Trinajstić information content (AvgIpc) is 3.02. The number of hydrogen-bond acceptors (Lipinski definition) is 4. The summed E-state index contributed by atoms with van der Waals surface area (Å²) >= 11 is 0. The number of aromatic nitrogens is 1. The zero-order valence-electron chi connectivity index (χ0n) is 13.1. The van der Waals surface area contributed by atoms with Gasteiger partial charge in [-0.15, -0.1) is 0 Å². The molecule has 0 saturated heterocycles. The number of rotatable bonds is 5. The molecule has 0 spiro atoms. The Morgan fingerprint density at radius 1 is 1.39 bits per heavy atom. The van der Waals surface area contributed by atoms with E-state index >= 15 is 0 Å². The van der Waals surface area contributed by atoms with Crippen molar-refractivity contribution in [3.8, 4) is 11.3 Å². The number of nitrogens with zero attached hydrogens (tertiary/aromatic N) is 1. The van der Waals surface area contributed by atoms with Crippen molar-refractivity contribution in [3.05, 3.63) is 42.4 Å². The third kappa shape index (κ3) is 3.71. The van der Waals surface area contributed by atoms with Crippen LogP contribution in [0.3, 0.4) is 0 Å². The van der Waals surface area contributed by atoms with E-state index < -0.39 is 5.60 Å². The Morgan fingerprint density at radius 3 is 2.78 bits per heavy atom. The standard InChI is InChI=1S/C17H21N3O3/c1-12(20-16(21)19-11-17(22)8-5-9-17)15-18-10-14(23-15)13-6-3-2-4-7-13/h2-4,6-7,10,12,22H,5,8-9,11H2,1H3,(H2,19,20,21). The highest BCUT2D eigenvalue weighted by molar-refractivity contribution is 5.74. The van der Waals surface area contributed by atoms with Crippen molar-refractivity contribution in [2.45, 2.75) is 37.8 Å². The summed E-state index contributed by atoms with van der Waals surface area (Å²) in [6.07, 6.45) is 4.14. The van der Waals surface area contributed by atoms with E-state index in [1.807, 2.05) is 30.3 Å². The van der Waals surface area contributed by atoms with Crippen LogP contribution in [-0.4, -0.2) is 28.3 Å². The third-order valence-electron chi connectivity index (χ3n) is 4.16. The predicted molar refractivity (Wildman–Crippen MR) is 85.7 cm³/mol. The predicted octanol–water partition coefficient (Wildman–Crippen LogP) is 2.62. The molecule has 1 fully saturated rings. The first-order valence-electron chi connectivity index (χ1n) is 7.84. The van der Waals surface area contributed by atoms with Crippen molar-refractivity contribution in [1.29, 1.82) is 0 Å². The van der Waals surface area contributed by atoms with E-state index in [-0.39, 0.29) is 18.6 Å². The van der Waals surface area contributed by atoms with Gasteiger partial charge in [-0.3, -0.25) is 0 Å². The van der Waals surface area contributed by atoms with Gasteiger partial charge in [-0.05, 0) is 26.2 Å². The van der Waals surface area contributed by atoms with Crippen molar-refractivity contribution >= 4 is 6.03 Å². The summed E-state index contributed by atoms with van der Waals surface area (Å²) in [5.41, 5.74) is 0.208. The van der Waals surface area contributed by atoms with Crippen LogP contribution in [0.25, 0.3) is 11.3 Å². The molecule has 0 aliphatic heterocycles. The van der Waals surface area contributed by atoms with Crippen molar-refractivity contribution in [2.75, 3.05) is 6.54 Å². The molecule has 1 aliphatic carbocycles. The second-order valence-corrected chi connectivity index (χ2v) is 6.06. The number of oxazole rings is 1. The highest BCUT2D eigenvalue weighted by Crippen LogP contribution is 2.30. The zero-order valence-corrected chi connectivity index (χ0v) is 13.1. The summed E-state index contributed by atoms with van der Waals surface area (Å²) in [5, 5.41) is 15.4. The summed E-state index contributed by atoms with van der Waals surface area (Å²) < 4.78 is 5.71. The minimum atomic E-state index is -0.732. The normalized spacial score (nSPS) is 17.1. The van der Waals surface area contributed by atoms with Crippen molar-refractivity contribution < 1.29 is 14.3 Å². The summed E-state index contributed by atoms with van der Waals surface area (Å²) in [7, 11) is 0. The highest BCUT2D eigenvalue weighted by atomic mass is 16.4. The molecular formula is C17H21N3O3. The van der Waals surface area contributed by atoms with Gasteiger partial charge in [-0.25, -0.2) is 9.78 Å². The lowest BCUT2D eigenvalue weighted by molar-refractivity contribution is -0.0290. The number of nitrogens with one attached hydrogen (secondary N) is 2. The quantitative estimate of drug-likeness (QED) is 0.791. The number of urea groups is 1. The molecule has 6 nitrogen and oxygen atoms in total. The molecule has 3 N–H and O–H groups in total. The summed E-state index contributed by atoms with van der Waals surface area (Å²) in [6, 6.07) is 8.98. The second kappa shape index (κ2) is 6.42. The van der Waals surface area contributed by atoms with E-state index in [1.54, 1.807) is 13.1 Å². The number of aliphatic hydroxyl groups is 1. The molecule has 23 heavy (non-hydrogen) atoms. The Balaban J connectivity index is 1.55. The van der Waals surface area contributed by atoms with Crippen LogP contribution >= 0.6 is 0 Å². The van der Waals surface area contributed by atoms with Gasteiger partial charge in [0.2, 0.25) is 5.89 Å². The van der Waals surface area contributed by atoms with E-state index in [4.69, 9.17) is 4.42 Å². The molecule has 1 unspecified atom stereocenters. The van der Waals surface area contributed by atoms with Crippen LogP contribution in [0.4, 0.5) is 4.79 Å². The number of carbonyl (C=O) groups excluding carboxylic acids is 1. The Morgan fingerprint density at radius 2 is 2.13 bits per heavy atom. The third-order valence-corrected chi connectivity index (χ3v) is 4.16. The van der Waals surface area contributed by atoms with Gasteiger partial charge in [0, 0.05) is 12.1 Å². The van der Waals surface area contributed by atoms with Gasteiger partial charge in [0.25, 0.3) is 0 Å². The van der Waals surface area contributed by atoms with Gasteiger partial charge < -0.3 is 20.2 Å². The van der Waals surface area contributed by atoms with Gasteiger partial charge in [0.15, 0.2) is 5.76 Å². The first-order valence-corrected chi connectivity index (χ1v) is 7.84. The van der Waals surface area contributed by atoms with Crippen molar-refractivity contribution in [1.82, 2.24) is 15.6 Å². The lowest BCUT2D eigenvalue weighted by atomic mass is 9.80. The molecule has 0 radical (unpaired) electrons. The van der Waals surface area contributed by atoms with Crippen molar-refractivity contribution in [2.24, 2.45) is 0 Å². The molecule has 1 aromatic carbocycles. The molecule has 0 bridgehead atoms. The summed E-state index contributed by atoms with van der Waals surface area (Å²) in [6.45, 7) is 2.07. The van der Waals surface area contributed by atoms with E-state index in [0.717, 1.165) is 24.8 Å². The molecule has 1 atom stereocenters. The monoisotopic (exact) mass is 315 g/mol. The first-order chi connectivity index (χ1) is 11.1. The van der Waals surface area contributed by atoms with Gasteiger partial charge in [-0.1, -0.05) is 30.3 Å². The van der Waals surface area contributed by atoms with Gasteiger partial charge in [0.05, 0.1) is 11.8 Å². The lowest BCUT2D eigenvalue weighted by Gasteiger charge is -2.36. The topological polar surface area (TPSA) is 87.4 Å². The van der Waals surface area contributed by atoms with Crippen LogP contribution < -0.4 is 10.6 Å². The Kier molecular flexibility index (Phi) is 4.34. The van der Waals surface area contributed by atoms with Gasteiger partial charge in [0.1, 0.15) is 6.04 Å². The lowest BCUT2D eigenvalue weighted by Crippen LogP contribution is -2.50. The summed E-state index contributed by atoms with van der Waals surface area (Å²) in [4.78, 5) is 16.1. The first kappa shape index (κ1) is 15.6. The molecule has 1 aliphatic rings. The molecule has 6 heteroatoms. The van der Waals surface area contributed by atoms with Crippen LogP contribution in [0.5, 0.6) is 0 Å². The van der Waals surface area contributed by atoms with Gasteiger partial charge >= 0.3 is 6.03 Å². The van der Waals surface area contributed by atoms with E-state index in [9.17, 15) is 9.90 Å². The maximum Gasteiger partial charge on any atom is 0.315 e. The Hall–Kier alpha value is -2.34. The van der Waals surface area contributed by atoms with Crippen LogP contribution in [0.1, 0.15) is 38.1 Å².